The lowest BCUT2D eigenvalue weighted by molar-refractivity contribution is -0.124. The number of carbonyl (C=O) groups excluding carboxylic acids is 1. The maximum atomic E-state index is 11.8. The summed E-state index contributed by atoms with van der Waals surface area (Å²) >= 11 is 0. The lowest BCUT2D eigenvalue weighted by Gasteiger charge is -2.22. The van der Waals surface area contributed by atoms with Gasteiger partial charge in [0.2, 0.25) is 0 Å². The van der Waals surface area contributed by atoms with Gasteiger partial charge >= 0.3 is 0 Å². The number of hydrogen-bond acceptors (Lipinski definition) is 3. The highest BCUT2D eigenvalue weighted by atomic mass is 16.5. The molecule has 1 aromatic rings. The Morgan fingerprint density at radius 3 is 2.57 bits per heavy atom. The minimum atomic E-state index is -0.436. The van der Waals surface area contributed by atoms with E-state index in [1.54, 1.807) is 12.1 Å². The lowest BCUT2D eigenvalue weighted by Crippen LogP contribution is -2.38. The van der Waals surface area contributed by atoms with E-state index in [0.717, 1.165) is 18.4 Å². The molecule has 1 aliphatic rings. The molecule has 0 heterocycles. The van der Waals surface area contributed by atoms with E-state index in [2.05, 4.69) is 5.32 Å². The van der Waals surface area contributed by atoms with Gasteiger partial charge in [-0.05, 0) is 37.0 Å². The quantitative estimate of drug-likeness (QED) is 0.847. The molecule has 1 aliphatic carbocycles. The Bertz CT molecular complexity index is 438. The summed E-state index contributed by atoms with van der Waals surface area (Å²) in [7, 11) is 0. The Morgan fingerprint density at radius 1 is 1.29 bits per heavy atom. The first kappa shape index (κ1) is 15.8. The molecule has 1 fully saturated rings. The van der Waals surface area contributed by atoms with Gasteiger partial charge < -0.3 is 15.2 Å². The highest BCUT2D eigenvalue weighted by Gasteiger charge is 2.15. The van der Waals surface area contributed by atoms with Gasteiger partial charge in [-0.25, -0.2) is 0 Å². The SMILES string of the molecule is CCC(O)c1ccc(OCC(=O)NC2CCCCC2)cc1. The van der Waals surface area contributed by atoms with Crippen LogP contribution in [-0.4, -0.2) is 23.7 Å². The van der Waals surface area contributed by atoms with Crippen molar-refractivity contribution in [2.45, 2.75) is 57.6 Å². The molecule has 21 heavy (non-hydrogen) atoms. The third kappa shape index (κ3) is 5.05. The Labute approximate surface area is 126 Å². The van der Waals surface area contributed by atoms with Crippen molar-refractivity contribution in [2.75, 3.05) is 6.61 Å². The summed E-state index contributed by atoms with van der Waals surface area (Å²) in [5, 5.41) is 12.7. The van der Waals surface area contributed by atoms with E-state index >= 15 is 0 Å². The molecule has 0 saturated heterocycles. The second kappa shape index (κ2) is 8.03. The van der Waals surface area contributed by atoms with Gasteiger partial charge in [0.25, 0.3) is 5.91 Å². The second-order valence-electron chi connectivity index (χ2n) is 5.68. The Hall–Kier alpha value is -1.55. The van der Waals surface area contributed by atoms with E-state index in [4.69, 9.17) is 4.74 Å². The Balaban J connectivity index is 1.75. The first-order valence-electron chi connectivity index (χ1n) is 7.89. The number of amides is 1. The van der Waals surface area contributed by atoms with Gasteiger partial charge in [0.05, 0.1) is 6.10 Å². The number of rotatable bonds is 6. The summed E-state index contributed by atoms with van der Waals surface area (Å²) in [4.78, 5) is 11.8. The molecule has 4 nitrogen and oxygen atoms in total. The van der Waals surface area contributed by atoms with Crippen molar-refractivity contribution < 1.29 is 14.6 Å². The molecule has 0 radical (unpaired) electrons. The van der Waals surface area contributed by atoms with E-state index in [-0.39, 0.29) is 12.5 Å². The van der Waals surface area contributed by atoms with E-state index in [1.165, 1.54) is 19.3 Å². The van der Waals surface area contributed by atoms with Crippen LogP contribution in [0.15, 0.2) is 24.3 Å². The molecule has 1 amide bonds. The molecule has 2 rings (SSSR count). The van der Waals surface area contributed by atoms with Crippen molar-refractivity contribution >= 4 is 5.91 Å². The fraction of sp³-hybridized carbons (Fsp3) is 0.588. The summed E-state index contributed by atoms with van der Waals surface area (Å²) in [6, 6.07) is 7.58. The number of aliphatic hydroxyl groups is 1. The predicted octanol–water partition coefficient (Wildman–Crippen LogP) is 2.96. The van der Waals surface area contributed by atoms with Gasteiger partial charge in [-0.3, -0.25) is 4.79 Å². The number of benzene rings is 1. The van der Waals surface area contributed by atoms with Crippen LogP contribution in [0.2, 0.25) is 0 Å². The van der Waals surface area contributed by atoms with Crippen LogP contribution >= 0.6 is 0 Å². The molecule has 1 atom stereocenters. The van der Waals surface area contributed by atoms with Crippen molar-refractivity contribution in [2.24, 2.45) is 0 Å². The van der Waals surface area contributed by atoms with Crippen LogP contribution in [0, 0.1) is 0 Å². The highest BCUT2D eigenvalue weighted by molar-refractivity contribution is 5.77. The number of nitrogens with one attached hydrogen (secondary N) is 1. The molecule has 4 heteroatoms. The predicted molar refractivity (Wildman–Crippen MR) is 82.2 cm³/mol. The summed E-state index contributed by atoms with van der Waals surface area (Å²) in [5.41, 5.74) is 0.872. The standard InChI is InChI=1S/C17H25NO3/c1-2-16(19)13-8-10-15(11-9-13)21-12-17(20)18-14-6-4-3-5-7-14/h8-11,14,16,19H,2-7,12H2,1H3,(H,18,20). The zero-order chi connectivity index (χ0) is 15.1. The van der Waals surface area contributed by atoms with Crippen LogP contribution in [0.1, 0.15) is 57.1 Å². The van der Waals surface area contributed by atoms with Crippen LogP contribution in [0.5, 0.6) is 5.75 Å². The van der Waals surface area contributed by atoms with Crippen molar-refractivity contribution in [1.82, 2.24) is 5.32 Å². The fourth-order valence-electron chi connectivity index (χ4n) is 2.69. The number of ether oxygens (including phenoxy) is 1. The molecule has 2 N–H and O–H groups in total. The van der Waals surface area contributed by atoms with E-state index < -0.39 is 6.10 Å². The molecule has 0 spiro atoms. The average Bonchev–Trinajstić information content (AvgIpc) is 2.53. The summed E-state index contributed by atoms with van der Waals surface area (Å²) in [6.07, 6.45) is 6.08. The normalized spacial score (nSPS) is 17.2. The van der Waals surface area contributed by atoms with Gasteiger partial charge in [-0.1, -0.05) is 38.3 Å². The summed E-state index contributed by atoms with van der Waals surface area (Å²) in [5.74, 6) is 0.598. The zero-order valence-electron chi connectivity index (χ0n) is 12.7. The molecule has 116 valence electrons. The van der Waals surface area contributed by atoms with E-state index in [0.29, 0.717) is 18.2 Å². The maximum absolute atomic E-state index is 11.8. The first-order chi connectivity index (χ1) is 10.2. The number of aliphatic hydroxyl groups excluding tert-OH is 1. The first-order valence-corrected chi connectivity index (χ1v) is 7.89. The topological polar surface area (TPSA) is 58.6 Å². The van der Waals surface area contributed by atoms with Crippen LogP contribution in [0.4, 0.5) is 0 Å². The molecule has 0 bridgehead atoms. The molecule has 1 aromatic carbocycles. The number of carbonyl (C=O) groups is 1. The van der Waals surface area contributed by atoms with Crippen molar-refractivity contribution in [3.8, 4) is 5.75 Å². The van der Waals surface area contributed by atoms with Gasteiger partial charge in [0.1, 0.15) is 5.75 Å². The summed E-state index contributed by atoms with van der Waals surface area (Å²) < 4.78 is 5.48. The van der Waals surface area contributed by atoms with Crippen LogP contribution in [0.25, 0.3) is 0 Å². The second-order valence-corrected chi connectivity index (χ2v) is 5.68. The molecule has 1 unspecified atom stereocenters. The van der Waals surface area contributed by atoms with Crippen LogP contribution in [-0.2, 0) is 4.79 Å². The minimum Gasteiger partial charge on any atom is -0.484 e. The smallest absolute Gasteiger partial charge is 0.258 e. The average molecular weight is 291 g/mol. The third-order valence-corrected chi connectivity index (χ3v) is 3.99. The van der Waals surface area contributed by atoms with Gasteiger partial charge in [0, 0.05) is 6.04 Å². The third-order valence-electron chi connectivity index (χ3n) is 3.99. The minimum absolute atomic E-state index is 0.0478. The molecule has 0 aromatic heterocycles. The largest absolute Gasteiger partial charge is 0.484 e. The molecule has 0 aliphatic heterocycles. The Morgan fingerprint density at radius 2 is 1.95 bits per heavy atom. The van der Waals surface area contributed by atoms with Crippen molar-refractivity contribution in [3.63, 3.8) is 0 Å². The monoisotopic (exact) mass is 291 g/mol. The molecular weight excluding hydrogens is 266 g/mol. The van der Waals surface area contributed by atoms with Gasteiger partial charge in [-0.15, -0.1) is 0 Å². The molecular formula is C17H25NO3. The highest BCUT2D eigenvalue weighted by Crippen LogP contribution is 2.20. The van der Waals surface area contributed by atoms with Crippen LogP contribution in [0.3, 0.4) is 0 Å². The van der Waals surface area contributed by atoms with E-state index in [1.807, 2.05) is 19.1 Å². The van der Waals surface area contributed by atoms with E-state index in [9.17, 15) is 9.90 Å². The summed E-state index contributed by atoms with van der Waals surface area (Å²) in [6.45, 7) is 1.98. The Kier molecular flexibility index (Phi) is 6.05. The zero-order valence-corrected chi connectivity index (χ0v) is 12.7. The maximum Gasteiger partial charge on any atom is 0.258 e. The lowest BCUT2D eigenvalue weighted by atomic mass is 9.95. The van der Waals surface area contributed by atoms with Crippen LogP contribution < -0.4 is 10.1 Å². The van der Waals surface area contributed by atoms with Gasteiger partial charge in [0.15, 0.2) is 6.61 Å². The fourth-order valence-corrected chi connectivity index (χ4v) is 2.69. The van der Waals surface area contributed by atoms with Crippen molar-refractivity contribution in [1.29, 1.82) is 0 Å². The van der Waals surface area contributed by atoms with Crippen molar-refractivity contribution in [3.05, 3.63) is 29.8 Å². The molecule has 1 saturated carbocycles. The number of hydrogen-bond donors (Lipinski definition) is 2. The van der Waals surface area contributed by atoms with Gasteiger partial charge in [-0.2, -0.15) is 0 Å².